The van der Waals surface area contributed by atoms with Gasteiger partial charge in [-0.25, -0.2) is 4.99 Å². The van der Waals surface area contributed by atoms with E-state index < -0.39 is 0 Å². The minimum Gasteiger partial charge on any atom is -0.203 e. The van der Waals surface area contributed by atoms with E-state index in [0.717, 1.165) is 5.57 Å². The third-order valence-corrected chi connectivity index (χ3v) is 1.54. The molecule has 0 aliphatic heterocycles. The van der Waals surface area contributed by atoms with Gasteiger partial charge >= 0.3 is 0 Å². The van der Waals surface area contributed by atoms with Crippen LogP contribution in [0.5, 0.6) is 0 Å². The minimum atomic E-state index is 0.678. The number of rotatable bonds is 3. The molecule has 10 heavy (non-hydrogen) atoms. The predicted molar refractivity (Wildman–Crippen MR) is 46.9 cm³/mol. The Morgan fingerprint density at radius 2 is 2.60 bits per heavy atom. The van der Waals surface area contributed by atoms with Gasteiger partial charge in [-0.05, 0) is 36.5 Å². The molecule has 0 saturated heterocycles. The molecule has 0 amide bonds. The maximum atomic E-state index is 8.16. The second kappa shape index (κ2) is 6.50. The molecule has 0 heterocycles. The van der Waals surface area contributed by atoms with Crippen LogP contribution in [0.1, 0.15) is 6.92 Å². The van der Waals surface area contributed by atoms with E-state index in [1.165, 1.54) is 11.8 Å². The Bertz CT molecular complexity index is 208. The summed E-state index contributed by atoms with van der Waals surface area (Å²) in [7, 11) is 0. The van der Waals surface area contributed by atoms with Gasteiger partial charge in [0, 0.05) is 12.0 Å². The molecule has 0 rings (SSSR count). The van der Waals surface area contributed by atoms with Crippen molar-refractivity contribution in [3.05, 3.63) is 11.8 Å². The molecule has 0 fully saturated rings. The van der Waals surface area contributed by atoms with Gasteiger partial charge in [-0.1, -0.05) is 0 Å². The third-order valence-electron chi connectivity index (χ3n) is 0.702. The Kier molecular flexibility index (Phi) is 6.10. The van der Waals surface area contributed by atoms with E-state index >= 15 is 0 Å². The van der Waals surface area contributed by atoms with Gasteiger partial charge in [0.05, 0.1) is 5.16 Å². The first-order valence-electron chi connectivity index (χ1n) is 2.54. The van der Waals surface area contributed by atoms with Crippen molar-refractivity contribution < 1.29 is 0 Å². The van der Waals surface area contributed by atoms with E-state index in [4.69, 9.17) is 5.26 Å². The van der Waals surface area contributed by atoms with E-state index in [1.807, 2.05) is 12.3 Å². The summed E-state index contributed by atoms with van der Waals surface area (Å²) in [5.74, 6) is 0.678. The summed E-state index contributed by atoms with van der Waals surface area (Å²) in [5, 5.41) is 12.3. The summed E-state index contributed by atoms with van der Waals surface area (Å²) >= 11 is 5.53. The number of hydrogen-bond acceptors (Lipinski definition) is 4. The first-order chi connectivity index (χ1) is 4.81. The zero-order valence-electron chi connectivity index (χ0n) is 5.50. The number of thioether (sulfide) groups is 1. The quantitative estimate of drug-likeness (QED) is 0.370. The van der Waals surface area contributed by atoms with Gasteiger partial charge in [-0.3, -0.25) is 0 Å². The van der Waals surface area contributed by atoms with Crippen LogP contribution in [0.2, 0.25) is 0 Å². The number of thiocyanates is 1. The highest BCUT2D eigenvalue weighted by molar-refractivity contribution is 8.03. The Morgan fingerprint density at radius 3 is 3.10 bits per heavy atom. The predicted octanol–water partition coefficient (Wildman–Crippen LogP) is 2.21. The van der Waals surface area contributed by atoms with Gasteiger partial charge in [-0.15, -0.1) is 0 Å². The topological polar surface area (TPSA) is 36.1 Å². The van der Waals surface area contributed by atoms with Gasteiger partial charge in [0.1, 0.15) is 5.40 Å². The van der Waals surface area contributed by atoms with Crippen molar-refractivity contribution in [2.45, 2.75) is 6.92 Å². The Labute approximate surface area is 69.6 Å². The molecular weight excluding hydrogens is 164 g/mol. The monoisotopic (exact) mass is 170 g/mol. The third kappa shape index (κ3) is 5.52. The molecular formula is C6H6N2S2. The van der Waals surface area contributed by atoms with Crippen LogP contribution < -0.4 is 0 Å². The molecule has 0 saturated carbocycles. The van der Waals surface area contributed by atoms with Gasteiger partial charge in [-0.2, -0.15) is 5.26 Å². The second-order valence-corrected chi connectivity index (χ2v) is 2.52. The van der Waals surface area contributed by atoms with Crippen LogP contribution in [0.4, 0.5) is 0 Å². The molecule has 0 radical (unpaired) electrons. The number of nitrogens with zero attached hydrogens (tertiary/aromatic N) is 2. The molecule has 52 valence electrons. The van der Waals surface area contributed by atoms with Crippen molar-refractivity contribution in [1.29, 1.82) is 5.26 Å². The lowest BCUT2D eigenvalue weighted by Gasteiger charge is -1.88. The van der Waals surface area contributed by atoms with Crippen LogP contribution >= 0.6 is 24.0 Å². The van der Waals surface area contributed by atoms with Crippen LogP contribution in [0.3, 0.4) is 0 Å². The number of isothiocyanates is 1. The fourth-order valence-electron chi connectivity index (χ4n) is 0.320. The van der Waals surface area contributed by atoms with Gasteiger partial charge in [0.15, 0.2) is 0 Å². The molecule has 0 unspecified atom stereocenters. The smallest absolute Gasteiger partial charge is 0.133 e. The summed E-state index contributed by atoms with van der Waals surface area (Å²) in [6, 6.07) is 0. The Balaban J connectivity index is 3.73. The molecule has 0 aromatic carbocycles. The van der Waals surface area contributed by atoms with E-state index in [1.54, 1.807) is 6.20 Å². The number of hydrogen-bond donors (Lipinski definition) is 0. The van der Waals surface area contributed by atoms with Crippen molar-refractivity contribution >= 4 is 29.1 Å². The lowest BCUT2D eigenvalue weighted by molar-refractivity contribution is 1.36. The summed E-state index contributed by atoms with van der Waals surface area (Å²) in [5.41, 5.74) is 1.02. The largest absolute Gasteiger partial charge is 0.203 e. The lowest BCUT2D eigenvalue weighted by Crippen LogP contribution is -1.76. The molecule has 4 heteroatoms. The fraction of sp³-hybridized carbons (Fsp3) is 0.333. The second-order valence-electron chi connectivity index (χ2n) is 1.58. The highest BCUT2D eigenvalue weighted by atomic mass is 32.2. The van der Waals surface area contributed by atoms with Crippen molar-refractivity contribution in [1.82, 2.24) is 0 Å². The van der Waals surface area contributed by atoms with Crippen molar-refractivity contribution in [3.63, 3.8) is 0 Å². The molecule has 0 N–H and O–H groups in total. The van der Waals surface area contributed by atoms with E-state index in [0.29, 0.717) is 5.75 Å². The normalized spacial score (nSPS) is 9.80. The summed E-state index contributed by atoms with van der Waals surface area (Å²) in [6.45, 7) is 1.89. The van der Waals surface area contributed by atoms with Gasteiger partial charge in [0.2, 0.25) is 0 Å². The van der Waals surface area contributed by atoms with Crippen LogP contribution in [-0.4, -0.2) is 10.9 Å². The van der Waals surface area contributed by atoms with E-state index in [9.17, 15) is 0 Å². The first kappa shape index (κ1) is 9.38. The van der Waals surface area contributed by atoms with Gasteiger partial charge in [0.25, 0.3) is 0 Å². The Hall–Kier alpha value is -0.620. The summed E-state index contributed by atoms with van der Waals surface area (Å²) in [6.07, 6.45) is 1.61. The summed E-state index contributed by atoms with van der Waals surface area (Å²) in [4.78, 5) is 3.60. The van der Waals surface area contributed by atoms with Crippen molar-refractivity contribution in [2.24, 2.45) is 4.99 Å². The van der Waals surface area contributed by atoms with Crippen LogP contribution in [0.15, 0.2) is 16.8 Å². The number of aliphatic imine (C=N–C) groups is 1. The number of nitriles is 1. The van der Waals surface area contributed by atoms with E-state index in [-0.39, 0.29) is 0 Å². The Morgan fingerprint density at radius 1 is 1.90 bits per heavy atom. The standard InChI is InChI=1S/C6H6N2S2/c1-6(2-8-5-9)3-10-4-7/h2H,3H2,1H3. The lowest BCUT2D eigenvalue weighted by atomic mass is 10.4. The SMILES string of the molecule is CC(=CN=C=S)CSC#N. The van der Waals surface area contributed by atoms with Crippen molar-refractivity contribution in [3.8, 4) is 5.40 Å². The molecule has 0 aromatic rings. The maximum Gasteiger partial charge on any atom is 0.133 e. The first-order valence-corrected chi connectivity index (χ1v) is 3.94. The molecule has 2 nitrogen and oxygen atoms in total. The fourth-order valence-corrected chi connectivity index (χ4v) is 0.739. The maximum absolute atomic E-state index is 8.16. The van der Waals surface area contributed by atoms with Crippen LogP contribution in [0.25, 0.3) is 0 Å². The minimum absolute atomic E-state index is 0.678. The molecule has 0 bridgehead atoms. The zero-order valence-corrected chi connectivity index (χ0v) is 7.13. The average molecular weight is 170 g/mol. The highest BCUT2D eigenvalue weighted by Crippen LogP contribution is 2.04. The molecule has 0 spiro atoms. The van der Waals surface area contributed by atoms with Crippen molar-refractivity contribution in [2.75, 3.05) is 5.75 Å². The average Bonchev–Trinajstić information content (AvgIpc) is 1.97. The van der Waals surface area contributed by atoms with Gasteiger partial charge < -0.3 is 0 Å². The summed E-state index contributed by atoms with van der Waals surface area (Å²) < 4.78 is 0. The van der Waals surface area contributed by atoms with E-state index in [2.05, 4.69) is 22.4 Å². The zero-order chi connectivity index (χ0) is 7.82. The highest BCUT2D eigenvalue weighted by Gasteiger charge is 1.86. The molecule has 0 aliphatic carbocycles. The number of thiocarbonyl (C=S) groups is 1. The van der Waals surface area contributed by atoms with Crippen LogP contribution in [-0.2, 0) is 0 Å². The molecule has 0 aliphatic rings. The molecule has 0 atom stereocenters. The molecule has 0 aromatic heterocycles. The van der Waals surface area contributed by atoms with Crippen LogP contribution in [0, 0.1) is 10.7 Å².